The molecule has 0 spiro atoms. The van der Waals surface area contributed by atoms with Crippen molar-refractivity contribution in [1.82, 2.24) is 9.29 Å². The zero-order valence-electron chi connectivity index (χ0n) is 12.1. The van der Waals surface area contributed by atoms with Crippen molar-refractivity contribution in [3.63, 3.8) is 0 Å². The highest BCUT2D eigenvalue weighted by Crippen LogP contribution is 2.17. The van der Waals surface area contributed by atoms with E-state index in [-0.39, 0.29) is 22.4 Å². The Balaban J connectivity index is 3.06. The standard InChI is InChI=1S/C12H20N2O5S2/c1-4-14-6-9(5-10(14)12(16)17)21(18,19)13-8(2)11(7-15)20-3/h5-6,8,11,13,15H,4,7H2,1-3H3,(H,16,17). The highest BCUT2D eigenvalue weighted by molar-refractivity contribution is 7.99. The zero-order chi connectivity index (χ0) is 16.2. The van der Waals surface area contributed by atoms with E-state index < -0.39 is 22.0 Å². The van der Waals surface area contributed by atoms with E-state index in [0.717, 1.165) is 6.07 Å². The van der Waals surface area contributed by atoms with Crippen molar-refractivity contribution in [3.8, 4) is 0 Å². The Morgan fingerprint density at radius 1 is 1.52 bits per heavy atom. The van der Waals surface area contributed by atoms with Gasteiger partial charge in [-0.05, 0) is 26.2 Å². The molecule has 2 atom stereocenters. The molecule has 0 aliphatic heterocycles. The van der Waals surface area contributed by atoms with Crippen molar-refractivity contribution in [2.24, 2.45) is 0 Å². The summed E-state index contributed by atoms with van der Waals surface area (Å²) in [6.45, 7) is 3.59. The third-order valence-electron chi connectivity index (χ3n) is 3.12. The maximum absolute atomic E-state index is 12.3. The number of thioether (sulfide) groups is 1. The van der Waals surface area contributed by atoms with E-state index in [0.29, 0.717) is 6.54 Å². The van der Waals surface area contributed by atoms with Crippen LogP contribution in [0.1, 0.15) is 24.3 Å². The average molecular weight is 336 g/mol. The summed E-state index contributed by atoms with van der Waals surface area (Å²) in [5, 5.41) is 18.0. The molecule has 0 saturated heterocycles. The van der Waals surface area contributed by atoms with Crippen molar-refractivity contribution >= 4 is 27.8 Å². The molecule has 120 valence electrons. The van der Waals surface area contributed by atoms with Crippen molar-refractivity contribution in [2.75, 3.05) is 12.9 Å². The molecule has 0 amide bonds. The summed E-state index contributed by atoms with van der Waals surface area (Å²) in [5.41, 5.74) is -0.0749. The topological polar surface area (TPSA) is 109 Å². The van der Waals surface area contributed by atoms with Gasteiger partial charge in [0.15, 0.2) is 0 Å². The third-order valence-corrected chi connectivity index (χ3v) is 5.81. The van der Waals surface area contributed by atoms with E-state index in [2.05, 4.69) is 4.72 Å². The number of aromatic nitrogens is 1. The molecule has 0 fully saturated rings. The quantitative estimate of drug-likeness (QED) is 0.641. The van der Waals surface area contributed by atoms with Crippen molar-refractivity contribution < 1.29 is 23.4 Å². The minimum Gasteiger partial charge on any atom is -0.477 e. The van der Waals surface area contributed by atoms with Gasteiger partial charge in [0.2, 0.25) is 10.0 Å². The van der Waals surface area contributed by atoms with Crippen molar-refractivity contribution in [3.05, 3.63) is 18.0 Å². The van der Waals surface area contributed by atoms with E-state index in [1.165, 1.54) is 22.5 Å². The number of carboxylic acids is 1. The van der Waals surface area contributed by atoms with Crippen molar-refractivity contribution in [2.45, 2.75) is 36.6 Å². The van der Waals surface area contributed by atoms with Gasteiger partial charge in [-0.25, -0.2) is 17.9 Å². The molecule has 3 N–H and O–H groups in total. The monoisotopic (exact) mass is 336 g/mol. The predicted molar refractivity (Wildman–Crippen MR) is 81.2 cm³/mol. The Hall–Kier alpha value is -1.03. The molecule has 1 aromatic rings. The van der Waals surface area contributed by atoms with Crippen LogP contribution in [-0.4, -0.2) is 53.3 Å². The number of nitrogens with one attached hydrogen (secondary N) is 1. The first-order valence-corrected chi connectivity index (χ1v) is 9.13. The first-order valence-electron chi connectivity index (χ1n) is 6.36. The Bertz CT molecular complexity index is 593. The predicted octanol–water partition coefficient (Wildman–Crippen LogP) is 0.597. The maximum atomic E-state index is 12.3. The molecule has 1 heterocycles. The van der Waals surface area contributed by atoms with Gasteiger partial charge in [0.05, 0.1) is 6.61 Å². The van der Waals surface area contributed by atoms with E-state index in [1.54, 1.807) is 20.1 Å². The Labute approximate surface area is 128 Å². The largest absolute Gasteiger partial charge is 0.477 e. The van der Waals surface area contributed by atoms with Crippen LogP contribution in [0, 0.1) is 0 Å². The van der Waals surface area contributed by atoms with Crippen molar-refractivity contribution in [1.29, 1.82) is 0 Å². The van der Waals surface area contributed by atoms with Crippen LogP contribution in [0.15, 0.2) is 17.2 Å². The summed E-state index contributed by atoms with van der Waals surface area (Å²) < 4.78 is 28.4. The maximum Gasteiger partial charge on any atom is 0.352 e. The number of hydrogen-bond acceptors (Lipinski definition) is 5. The lowest BCUT2D eigenvalue weighted by molar-refractivity contribution is 0.0685. The number of aryl methyl sites for hydroxylation is 1. The number of sulfonamides is 1. The van der Waals surface area contributed by atoms with Crippen LogP contribution >= 0.6 is 11.8 Å². The first-order chi connectivity index (χ1) is 9.76. The Morgan fingerprint density at radius 3 is 2.52 bits per heavy atom. The smallest absolute Gasteiger partial charge is 0.352 e. The van der Waals surface area contributed by atoms with Gasteiger partial charge in [0.25, 0.3) is 0 Å². The van der Waals surface area contributed by atoms with Crippen LogP contribution in [0.4, 0.5) is 0 Å². The molecule has 7 nitrogen and oxygen atoms in total. The fourth-order valence-electron chi connectivity index (χ4n) is 1.90. The lowest BCUT2D eigenvalue weighted by Crippen LogP contribution is -2.41. The summed E-state index contributed by atoms with van der Waals surface area (Å²) in [7, 11) is -3.83. The highest BCUT2D eigenvalue weighted by Gasteiger charge is 2.25. The SMILES string of the molecule is CCn1cc(S(=O)(=O)NC(C)C(CO)SC)cc1C(=O)O. The van der Waals surface area contributed by atoms with Gasteiger partial charge >= 0.3 is 5.97 Å². The van der Waals surface area contributed by atoms with Gasteiger partial charge in [-0.1, -0.05) is 0 Å². The second-order valence-electron chi connectivity index (χ2n) is 4.52. The lowest BCUT2D eigenvalue weighted by atomic mass is 10.3. The van der Waals surface area contributed by atoms with E-state index in [1.807, 2.05) is 0 Å². The molecule has 1 aromatic heterocycles. The lowest BCUT2D eigenvalue weighted by Gasteiger charge is -2.20. The van der Waals surface area contributed by atoms with Crippen LogP contribution < -0.4 is 4.72 Å². The molecule has 0 aliphatic carbocycles. The summed E-state index contributed by atoms with van der Waals surface area (Å²) in [4.78, 5) is 11.0. The molecule has 1 rings (SSSR count). The second-order valence-corrected chi connectivity index (χ2v) is 7.31. The molecule has 9 heteroatoms. The first kappa shape index (κ1) is 18.0. The summed E-state index contributed by atoms with van der Waals surface area (Å²) in [6, 6.07) is 0.654. The molecule has 21 heavy (non-hydrogen) atoms. The molecule has 2 unspecified atom stereocenters. The number of aromatic carboxylic acids is 1. The van der Waals surface area contributed by atoms with E-state index >= 15 is 0 Å². The average Bonchev–Trinajstić information content (AvgIpc) is 2.84. The fraction of sp³-hybridized carbons (Fsp3) is 0.583. The zero-order valence-corrected chi connectivity index (χ0v) is 13.7. The van der Waals surface area contributed by atoms with Gasteiger partial charge < -0.3 is 14.8 Å². The third kappa shape index (κ3) is 4.22. The van der Waals surface area contributed by atoms with Gasteiger partial charge in [-0.2, -0.15) is 11.8 Å². The molecule has 0 aliphatic rings. The highest BCUT2D eigenvalue weighted by atomic mass is 32.2. The van der Waals surface area contributed by atoms with E-state index in [9.17, 15) is 18.3 Å². The number of aliphatic hydroxyl groups is 1. The number of carboxylic acid groups (broad SMARTS) is 1. The summed E-state index contributed by atoms with van der Waals surface area (Å²) in [5.74, 6) is -1.18. The molecule has 0 radical (unpaired) electrons. The number of rotatable bonds is 8. The van der Waals surface area contributed by atoms with Crippen LogP contribution in [0.25, 0.3) is 0 Å². The fourth-order valence-corrected chi connectivity index (χ4v) is 3.93. The Kier molecular flexibility index (Phi) is 6.26. The minimum atomic E-state index is -3.83. The van der Waals surface area contributed by atoms with Gasteiger partial charge in [-0.15, -0.1) is 0 Å². The molecular formula is C12H20N2O5S2. The molecule has 0 aromatic carbocycles. The van der Waals surface area contributed by atoms with E-state index in [4.69, 9.17) is 5.11 Å². The van der Waals surface area contributed by atoms with Gasteiger partial charge in [0, 0.05) is 24.0 Å². The number of nitrogens with zero attached hydrogens (tertiary/aromatic N) is 1. The van der Waals surface area contributed by atoms with Crippen LogP contribution in [0.5, 0.6) is 0 Å². The molecular weight excluding hydrogens is 316 g/mol. The number of aliphatic hydroxyl groups excluding tert-OH is 1. The normalized spacial score (nSPS) is 14.9. The van der Waals surface area contributed by atoms with Gasteiger partial charge in [-0.3, -0.25) is 0 Å². The summed E-state index contributed by atoms with van der Waals surface area (Å²) >= 11 is 1.36. The number of hydrogen-bond donors (Lipinski definition) is 3. The van der Waals surface area contributed by atoms with Crippen LogP contribution in [-0.2, 0) is 16.6 Å². The summed E-state index contributed by atoms with van der Waals surface area (Å²) in [6.07, 6.45) is 3.08. The Morgan fingerprint density at radius 2 is 2.14 bits per heavy atom. The van der Waals surface area contributed by atoms with Crippen LogP contribution in [0.3, 0.4) is 0 Å². The molecule has 0 bridgehead atoms. The number of carbonyl (C=O) groups is 1. The minimum absolute atomic E-state index is 0.0749. The van der Waals surface area contributed by atoms with Gasteiger partial charge in [0.1, 0.15) is 10.6 Å². The second kappa shape index (κ2) is 7.30. The van der Waals surface area contributed by atoms with Crippen LogP contribution in [0.2, 0.25) is 0 Å². The molecule has 0 saturated carbocycles.